The van der Waals surface area contributed by atoms with Crippen LogP contribution in [0.3, 0.4) is 0 Å². The molecule has 0 amide bonds. The molecule has 4 nitrogen and oxygen atoms in total. The molecule has 1 aliphatic carbocycles. The average Bonchev–Trinajstić information content (AvgIpc) is 3.03. The first-order valence-electron chi connectivity index (χ1n) is 8.29. The summed E-state index contributed by atoms with van der Waals surface area (Å²) in [6, 6.07) is 10.2. The molecule has 26 heavy (non-hydrogen) atoms. The second-order valence-electron chi connectivity index (χ2n) is 5.94. The van der Waals surface area contributed by atoms with Crippen LogP contribution in [0.5, 0.6) is 0 Å². The fourth-order valence-electron chi connectivity index (χ4n) is 2.95. The molecule has 1 unspecified atom stereocenters. The van der Waals surface area contributed by atoms with Crippen molar-refractivity contribution in [3.63, 3.8) is 0 Å². The normalized spacial score (nSPS) is 15.2. The Morgan fingerprint density at radius 2 is 1.96 bits per heavy atom. The van der Waals surface area contributed by atoms with Crippen LogP contribution < -0.4 is 10.6 Å². The maximum atomic E-state index is 13.7. The predicted molar refractivity (Wildman–Crippen MR) is 97.9 cm³/mol. The standard InChI is InChI=1S/C19H18F2N2O2S/c20-13-6-4-12(5-7-13)18(24)25-11-10-22-19(26)23-17-9-8-14-15(17)2-1-3-16(14)21/h1-7,17H,8-11H2,(H2,22,23,26). The molecule has 0 bridgehead atoms. The Kier molecular flexibility index (Phi) is 5.78. The van der Waals surface area contributed by atoms with Crippen LogP contribution in [0.15, 0.2) is 42.5 Å². The zero-order valence-corrected chi connectivity index (χ0v) is 14.7. The lowest BCUT2D eigenvalue weighted by Crippen LogP contribution is -2.38. The smallest absolute Gasteiger partial charge is 0.338 e. The van der Waals surface area contributed by atoms with E-state index < -0.39 is 11.8 Å². The Balaban J connectivity index is 1.41. The van der Waals surface area contributed by atoms with Gasteiger partial charge in [0.05, 0.1) is 18.2 Å². The van der Waals surface area contributed by atoms with Crippen molar-refractivity contribution in [2.24, 2.45) is 0 Å². The second kappa shape index (κ2) is 8.23. The van der Waals surface area contributed by atoms with Crippen LogP contribution in [-0.4, -0.2) is 24.2 Å². The van der Waals surface area contributed by atoms with E-state index in [9.17, 15) is 13.6 Å². The van der Waals surface area contributed by atoms with E-state index in [1.165, 1.54) is 30.3 Å². The summed E-state index contributed by atoms with van der Waals surface area (Å²) in [7, 11) is 0. The van der Waals surface area contributed by atoms with Crippen LogP contribution in [0, 0.1) is 11.6 Å². The van der Waals surface area contributed by atoms with E-state index in [0.717, 1.165) is 17.5 Å². The maximum Gasteiger partial charge on any atom is 0.338 e. The Morgan fingerprint density at radius 3 is 2.73 bits per heavy atom. The fourth-order valence-corrected chi connectivity index (χ4v) is 3.19. The molecule has 0 aliphatic heterocycles. The summed E-state index contributed by atoms with van der Waals surface area (Å²) in [5.74, 6) is -1.11. The molecule has 0 radical (unpaired) electrons. The largest absolute Gasteiger partial charge is 0.460 e. The third-order valence-corrected chi connectivity index (χ3v) is 4.48. The van der Waals surface area contributed by atoms with Crippen LogP contribution in [-0.2, 0) is 11.2 Å². The minimum atomic E-state index is -0.522. The number of carbonyl (C=O) groups is 1. The lowest BCUT2D eigenvalue weighted by molar-refractivity contribution is 0.0512. The Hall–Kier alpha value is -2.54. The number of rotatable bonds is 5. The third-order valence-electron chi connectivity index (χ3n) is 4.22. The maximum absolute atomic E-state index is 13.7. The van der Waals surface area contributed by atoms with Gasteiger partial charge in [0.2, 0.25) is 0 Å². The molecule has 0 aromatic heterocycles. The van der Waals surface area contributed by atoms with Crippen molar-refractivity contribution in [3.8, 4) is 0 Å². The van der Waals surface area contributed by atoms with E-state index in [2.05, 4.69) is 10.6 Å². The molecule has 2 aromatic carbocycles. The quantitative estimate of drug-likeness (QED) is 0.477. The zero-order valence-electron chi connectivity index (χ0n) is 13.9. The number of benzene rings is 2. The number of hydrogen-bond acceptors (Lipinski definition) is 3. The lowest BCUT2D eigenvalue weighted by Gasteiger charge is -2.17. The van der Waals surface area contributed by atoms with Crippen molar-refractivity contribution in [1.82, 2.24) is 10.6 Å². The van der Waals surface area contributed by atoms with Gasteiger partial charge in [-0.05, 0) is 66.5 Å². The van der Waals surface area contributed by atoms with E-state index in [1.807, 2.05) is 6.07 Å². The molecule has 0 fully saturated rings. The van der Waals surface area contributed by atoms with E-state index in [0.29, 0.717) is 18.1 Å². The Labute approximate surface area is 155 Å². The van der Waals surface area contributed by atoms with Gasteiger partial charge in [-0.15, -0.1) is 0 Å². The molecular weight excluding hydrogens is 358 g/mol. The van der Waals surface area contributed by atoms with Crippen molar-refractivity contribution in [2.45, 2.75) is 18.9 Å². The first-order chi connectivity index (χ1) is 12.5. The molecule has 0 heterocycles. The molecular formula is C19H18F2N2O2S. The highest BCUT2D eigenvalue weighted by Crippen LogP contribution is 2.32. The van der Waals surface area contributed by atoms with Crippen molar-refractivity contribution < 1.29 is 18.3 Å². The van der Waals surface area contributed by atoms with Crippen molar-refractivity contribution in [1.29, 1.82) is 0 Å². The Bertz CT molecular complexity index is 812. The summed E-state index contributed by atoms with van der Waals surface area (Å²) in [6.45, 7) is 0.454. The molecule has 0 saturated carbocycles. The van der Waals surface area contributed by atoms with Gasteiger partial charge in [0.15, 0.2) is 5.11 Å². The van der Waals surface area contributed by atoms with Gasteiger partial charge in [0.1, 0.15) is 18.2 Å². The summed E-state index contributed by atoms with van der Waals surface area (Å²) < 4.78 is 31.7. The van der Waals surface area contributed by atoms with Gasteiger partial charge in [0, 0.05) is 0 Å². The number of nitrogens with one attached hydrogen (secondary N) is 2. The zero-order chi connectivity index (χ0) is 18.5. The van der Waals surface area contributed by atoms with Crippen LogP contribution in [0.2, 0.25) is 0 Å². The van der Waals surface area contributed by atoms with Crippen LogP contribution in [0.4, 0.5) is 8.78 Å². The first kappa shape index (κ1) is 18.3. The summed E-state index contributed by atoms with van der Waals surface area (Å²) in [5.41, 5.74) is 1.95. The number of carbonyl (C=O) groups excluding carboxylic acids is 1. The van der Waals surface area contributed by atoms with Gasteiger partial charge >= 0.3 is 5.97 Å². The summed E-state index contributed by atoms with van der Waals surface area (Å²) in [5, 5.41) is 6.54. The summed E-state index contributed by atoms with van der Waals surface area (Å²) in [4.78, 5) is 11.8. The van der Waals surface area contributed by atoms with Gasteiger partial charge in [-0.1, -0.05) is 12.1 Å². The number of thiocarbonyl (C=S) groups is 1. The third kappa shape index (κ3) is 4.35. The topological polar surface area (TPSA) is 50.4 Å². The van der Waals surface area contributed by atoms with Crippen molar-refractivity contribution in [3.05, 3.63) is 70.8 Å². The van der Waals surface area contributed by atoms with E-state index in [1.54, 1.807) is 6.07 Å². The lowest BCUT2D eigenvalue weighted by atomic mass is 10.1. The number of esters is 1. The van der Waals surface area contributed by atoms with Crippen molar-refractivity contribution in [2.75, 3.05) is 13.2 Å². The SMILES string of the molecule is O=C(OCCNC(=S)NC1CCc2c(F)cccc21)c1ccc(F)cc1. The molecule has 1 aliphatic rings. The second-order valence-corrected chi connectivity index (χ2v) is 6.35. The molecule has 7 heteroatoms. The van der Waals surface area contributed by atoms with E-state index in [-0.39, 0.29) is 24.0 Å². The molecule has 0 saturated heterocycles. The monoisotopic (exact) mass is 376 g/mol. The van der Waals surface area contributed by atoms with Crippen LogP contribution in [0.25, 0.3) is 0 Å². The van der Waals surface area contributed by atoms with Gasteiger partial charge in [-0.25, -0.2) is 13.6 Å². The van der Waals surface area contributed by atoms with E-state index in [4.69, 9.17) is 17.0 Å². The molecule has 136 valence electrons. The highest BCUT2D eigenvalue weighted by molar-refractivity contribution is 7.80. The fraction of sp³-hybridized carbons (Fsp3) is 0.263. The van der Waals surface area contributed by atoms with E-state index >= 15 is 0 Å². The molecule has 3 rings (SSSR count). The molecule has 0 spiro atoms. The average molecular weight is 376 g/mol. The molecule has 2 N–H and O–H groups in total. The minimum Gasteiger partial charge on any atom is -0.460 e. The van der Waals surface area contributed by atoms with Gasteiger partial charge in [-0.3, -0.25) is 0 Å². The number of ether oxygens (including phenoxy) is 1. The number of fused-ring (bicyclic) bond motifs is 1. The van der Waals surface area contributed by atoms with Gasteiger partial charge in [0.25, 0.3) is 0 Å². The van der Waals surface area contributed by atoms with Gasteiger partial charge < -0.3 is 15.4 Å². The highest BCUT2D eigenvalue weighted by Gasteiger charge is 2.25. The predicted octanol–water partition coefficient (Wildman–Crippen LogP) is 3.27. The summed E-state index contributed by atoms with van der Waals surface area (Å²) >= 11 is 5.24. The number of hydrogen-bond donors (Lipinski definition) is 2. The first-order valence-corrected chi connectivity index (χ1v) is 8.70. The number of halogens is 2. The molecule has 1 atom stereocenters. The van der Waals surface area contributed by atoms with Crippen molar-refractivity contribution >= 4 is 23.3 Å². The molecule has 2 aromatic rings. The van der Waals surface area contributed by atoms with Crippen LogP contribution in [0.1, 0.15) is 33.9 Å². The Morgan fingerprint density at radius 1 is 1.19 bits per heavy atom. The summed E-state index contributed by atoms with van der Waals surface area (Å²) in [6.07, 6.45) is 1.45. The highest BCUT2D eigenvalue weighted by atomic mass is 32.1. The minimum absolute atomic E-state index is 0.0255. The van der Waals surface area contributed by atoms with Gasteiger partial charge in [-0.2, -0.15) is 0 Å². The van der Waals surface area contributed by atoms with Crippen LogP contribution >= 0.6 is 12.2 Å².